The third kappa shape index (κ3) is 6.62. The predicted molar refractivity (Wildman–Crippen MR) is 144 cm³/mol. The number of ether oxygens (including phenoxy) is 1. The van der Waals surface area contributed by atoms with Gasteiger partial charge in [0.25, 0.3) is 5.91 Å². The lowest BCUT2D eigenvalue weighted by atomic mass is 9.70. The molecule has 8 heteroatoms. The summed E-state index contributed by atoms with van der Waals surface area (Å²) in [5.74, 6) is 0.462. The van der Waals surface area contributed by atoms with Crippen molar-refractivity contribution in [3.05, 3.63) is 64.2 Å². The van der Waals surface area contributed by atoms with E-state index in [4.69, 9.17) is 4.74 Å². The fourth-order valence-electron chi connectivity index (χ4n) is 4.70. The molecule has 36 heavy (non-hydrogen) atoms. The Morgan fingerprint density at radius 3 is 2.08 bits per heavy atom. The first-order chi connectivity index (χ1) is 16.9. The average molecular weight is 498 g/mol. The Bertz CT molecular complexity index is 1060. The summed E-state index contributed by atoms with van der Waals surface area (Å²) in [5.41, 5.74) is 11.8. The summed E-state index contributed by atoms with van der Waals surface area (Å²) in [6.07, 6.45) is 0.891. The standard InChI is InChI=1S/C28H43N5O3/c1-10-28(11-2,21-12-14-23(18(3)16-21)26(35)30-32-33-31-29-9)22-13-15-24(19(4)17-22)36-20(5)25(34)27(6,7)8/h12-17,20,25,34H,10-11H2,1-9H3,(H,31,32)(H2,29,30,33,35). The SMILES string of the molecule is CCC(CC)(c1ccc(OC(C)C(O)C(C)(C)C)c(C)c1)c1ccc(C(=O)NN=NNNC)c(C)c1. The Labute approximate surface area is 215 Å². The van der Waals surface area contributed by atoms with Crippen LogP contribution in [0.1, 0.15) is 87.0 Å². The molecule has 0 fully saturated rings. The molecule has 0 saturated carbocycles. The van der Waals surface area contributed by atoms with E-state index in [0.717, 1.165) is 35.3 Å². The van der Waals surface area contributed by atoms with Crippen LogP contribution < -0.4 is 21.1 Å². The summed E-state index contributed by atoms with van der Waals surface area (Å²) in [4.78, 5) is 12.5. The Kier molecular flexibility index (Phi) is 10.0. The van der Waals surface area contributed by atoms with Crippen molar-refractivity contribution in [3.63, 3.8) is 0 Å². The first-order valence-electron chi connectivity index (χ1n) is 12.6. The average Bonchev–Trinajstić information content (AvgIpc) is 2.83. The summed E-state index contributed by atoms with van der Waals surface area (Å²) in [6, 6.07) is 12.3. The molecule has 0 aliphatic carbocycles. The summed E-state index contributed by atoms with van der Waals surface area (Å²) in [5, 5.41) is 17.8. The van der Waals surface area contributed by atoms with Crippen LogP contribution in [-0.4, -0.2) is 30.3 Å². The third-order valence-electron chi connectivity index (χ3n) is 6.97. The van der Waals surface area contributed by atoms with Gasteiger partial charge in [-0.05, 0) is 83.9 Å². The molecule has 0 heterocycles. The van der Waals surface area contributed by atoms with Gasteiger partial charge in [-0.2, -0.15) is 0 Å². The number of hydrogen-bond donors (Lipinski definition) is 4. The largest absolute Gasteiger partial charge is 0.488 e. The molecule has 0 saturated heterocycles. The quantitative estimate of drug-likeness (QED) is 0.248. The second kappa shape index (κ2) is 12.3. The van der Waals surface area contributed by atoms with Crippen molar-refractivity contribution in [2.75, 3.05) is 7.05 Å². The van der Waals surface area contributed by atoms with Gasteiger partial charge in [-0.15, -0.1) is 0 Å². The van der Waals surface area contributed by atoms with Crippen LogP contribution in [0, 0.1) is 19.3 Å². The van der Waals surface area contributed by atoms with Gasteiger partial charge in [-0.3, -0.25) is 4.79 Å². The molecular formula is C28H43N5O3. The number of rotatable bonds is 11. The lowest BCUT2D eigenvalue weighted by Gasteiger charge is -2.35. The smallest absolute Gasteiger partial charge is 0.273 e. The van der Waals surface area contributed by atoms with Crippen molar-refractivity contribution < 1.29 is 14.6 Å². The molecule has 198 valence electrons. The van der Waals surface area contributed by atoms with E-state index in [2.05, 4.69) is 58.9 Å². The van der Waals surface area contributed by atoms with Crippen molar-refractivity contribution >= 4 is 5.91 Å². The number of benzene rings is 2. The Morgan fingerprint density at radius 2 is 1.58 bits per heavy atom. The van der Waals surface area contributed by atoms with Crippen molar-refractivity contribution in [1.29, 1.82) is 0 Å². The second-order valence-corrected chi connectivity index (χ2v) is 10.4. The summed E-state index contributed by atoms with van der Waals surface area (Å²) >= 11 is 0. The number of nitrogens with zero attached hydrogens (tertiary/aromatic N) is 2. The normalized spacial score (nSPS) is 13.9. The van der Waals surface area contributed by atoms with E-state index < -0.39 is 6.10 Å². The van der Waals surface area contributed by atoms with E-state index >= 15 is 0 Å². The number of carbonyl (C=O) groups excluding carboxylic acids is 1. The maximum Gasteiger partial charge on any atom is 0.273 e. The summed E-state index contributed by atoms with van der Waals surface area (Å²) < 4.78 is 6.16. The molecule has 4 N–H and O–H groups in total. The van der Waals surface area contributed by atoms with E-state index in [1.807, 2.05) is 59.7 Å². The Hall–Kier alpha value is -2.97. The summed E-state index contributed by atoms with van der Waals surface area (Å²) in [7, 11) is 1.65. The third-order valence-corrected chi connectivity index (χ3v) is 6.97. The van der Waals surface area contributed by atoms with Crippen LogP contribution in [0.4, 0.5) is 0 Å². The molecule has 2 rings (SSSR count). The minimum absolute atomic E-state index is 0.212. The highest BCUT2D eigenvalue weighted by molar-refractivity contribution is 5.95. The van der Waals surface area contributed by atoms with Crippen LogP contribution in [0.5, 0.6) is 5.75 Å². The topological polar surface area (TPSA) is 107 Å². The van der Waals surface area contributed by atoms with E-state index in [-0.39, 0.29) is 22.8 Å². The highest BCUT2D eigenvalue weighted by atomic mass is 16.5. The lowest BCUT2D eigenvalue weighted by molar-refractivity contribution is -0.0234. The lowest BCUT2D eigenvalue weighted by Crippen LogP contribution is -2.39. The predicted octanol–water partition coefficient (Wildman–Crippen LogP) is 5.32. The van der Waals surface area contributed by atoms with Crippen LogP contribution >= 0.6 is 0 Å². The molecule has 0 spiro atoms. The monoisotopic (exact) mass is 497 g/mol. The van der Waals surface area contributed by atoms with Crippen LogP contribution in [0.25, 0.3) is 0 Å². The van der Waals surface area contributed by atoms with Gasteiger partial charge >= 0.3 is 0 Å². The zero-order chi connectivity index (χ0) is 27.1. The fraction of sp³-hybridized carbons (Fsp3) is 0.536. The number of aliphatic hydroxyl groups excluding tert-OH is 1. The van der Waals surface area contributed by atoms with Gasteiger partial charge in [0.2, 0.25) is 0 Å². The van der Waals surface area contributed by atoms with E-state index in [0.29, 0.717) is 5.56 Å². The molecule has 0 aromatic heterocycles. The molecule has 0 bridgehead atoms. The fourth-order valence-corrected chi connectivity index (χ4v) is 4.70. The van der Waals surface area contributed by atoms with Crippen molar-refractivity contribution in [2.24, 2.45) is 15.9 Å². The van der Waals surface area contributed by atoms with Crippen LogP contribution in [-0.2, 0) is 5.41 Å². The zero-order valence-electron chi connectivity index (χ0n) is 23.2. The van der Waals surface area contributed by atoms with E-state index in [1.165, 1.54) is 5.56 Å². The van der Waals surface area contributed by atoms with Crippen molar-refractivity contribution in [3.8, 4) is 5.75 Å². The second-order valence-electron chi connectivity index (χ2n) is 10.4. The van der Waals surface area contributed by atoms with Gasteiger partial charge in [0, 0.05) is 18.0 Å². The number of hydrogen-bond acceptors (Lipinski definition) is 6. The highest BCUT2D eigenvalue weighted by Gasteiger charge is 2.33. The van der Waals surface area contributed by atoms with Gasteiger partial charge in [-0.1, -0.05) is 58.9 Å². The molecule has 2 aromatic rings. The molecule has 2 unspecified atom stereocenters. The number of hydrazine groups is 1. The van der Waals surface area contributed by atoms with Gasteiger partial charge in [0.15, 0.2) is 0 Å². The zero-order valence-corrected chi connectivity index (χ0v) is 23.2. The first-order valence-corrected chi connectivity index (χ1v) is 12.6. The van der Waals surface area contributed by atoms with Crippen molar-refractivity contribution in [1.82, 2.24) is 16.4 Å². The van der Waals surface area contributed by atoms with Gasteiger partial charge in [0.1, 0.15) is 11.9 Å². The van der Waals surface area contributed by atoms with Crippen LogP contribution in [0.3, 0.4) is 0 Å². The number of amides is 1. The van der Waals surface area contributed by atoms with E-state index in [9.17, 15) is 9.90 Å². The maximum atomic E-state index is 12.5. The number of carbonyl (C=O) groups is 1. The molecular weight excluding hydrogens is 454 g/mol. The van der Waals surface area contributed by atoms with Gasteiger partial charge in [0.05, 0.1) is 6.10 Å². The Morgan fingerprint density at radius 1 is 1.00 bits per heavy atom. The maximum absolute atomic E-state index is 12.5. The number of aryl methyl sites for hydroxylation is 2. The summed E-state index contributed by atoms with van der Waals surface area (Å²) in [6.45, 7) is 16.3. The number of nitrogens with one attached hydrogen (secondary N) is 3. The molecule has 8 nitrogen and oxygen atoms in total. The van der Waals surface area contributed by atoms with Gasteiger partial charge in [-0.25, -0.2) is 16.4 Å². The molecule has 0 radical (unpaired) electrons. The highest BCUT2D eigenvalue weighted by Crippen LogP contribution is 2.41. The minimum atomic E-state index is -0.582. The van der Waals surface area contributed by atoms with Crippen LogP contribution in [0.2, 0.25) is 0 Å². The molecule has 1 amide bonds. The molecule has 2 aromatic carbocycles. The molecule has 0 aliphatic heterocycles. The molecule has 0 aliphatic rings. The van der Waals surface area contributed by atoms with E-state index in [1.54, 1.807) is 7.05 Å². The molecule has 2 atom stereocenters. The van der Waals surface area contributed by atoms with Crippen molar-refractivity contribution in [2.45, 2.75) is 85.9 Å². The first kappa shape index (κ1) is 29.3. The number of aliphatic hydroxyl groups is 1. The minimum Gasteiger partial charge on any atom is -0.488 e. The Balaban J connectivity index is 2.36. The van der Waals surface area contributed by atoms with Crippen LogP contribution in [0.15, 0.2) is 46.8 Å². The van der Waals surface area contributed by atoms with Gasteiger partial charge < -0.3 is 9.84 Å².